The fraction of sp³-hybridized carbons (Fsp3) is 0.438. The lowest BCUT2D eigenvalue weighted by molar-refractivity contribution is -0.136. The molecule has 0 spiro atoms. The third-order valence-corrected chi connectivity index (χ3v) is 4.69. The summed E-state index contributed by atoms with van der Waals surface area (Å²) in [5.74, 6) is -0.719. The zero-order valence-electron chi connectivity index (χ0n) is 12.1. The van der Waals surface area contributed by atoms with Crippen LogP contribution in [-0.2, 0) is 22.6 Å². The van der Waals surface area contributed by atoms with Gasteiger partial charge in [-0.2, -0.15) is 0 Å². The predicted molar refractivity (Wildman–Crippen MR) is 79.3 cm³/mol. The van der Waals surface area contributed by atoms with Gasteiger partial charge in [0.1, 0.15) is 6.04 Å². The highest BCUT2D eigenvalue weighted by Gasteiger charge is 2.39. The molecule has 4 rings (SSSR count). The highest BCUT2D eigenvalue weighted by Crippen LogP contribution is 2.33. The molecule has 22 heavy (non-hydrogen) atoms. The van der Waals surface area contributed by atoms with Gasteiger partial charge in [-0.05, 0) is 42.5 Å². The van der Waals surface area contributed by atoms with Gasteiger partial charge in [0.2, 0.25) is 11.8 Å². The first-order chi connectivity index (χ1) is 10.6. The van der Waals surface area contributed by atoms with E-state index in [1.54, 1.807) is 4.90 Å². The van der Waals surface area contributed by atoms with Gasteiger partial charge in [0.15, 0.2) is 0 Å². The number of carbonyl (C=O) groups is 3. The number of imide groups is 1. The summed E-state index contributed by atoms with van der Waals surface area (Å²) in [4.78, 5) is 37.5. The summed E-state index contributed by atoms with van der Waals surface area (Å²) >= 11 is 0. The van der Waals surface area contributed by atoms with Gasteiger partial charge in [-0.3, -0.25) is 19.7 Å². The van der Waals surface area contributed by atoms with Crippen molar-refractivity contribution in [3.8, 4) is 0 Å². The van der Waals surface area contributed by atoms with Crippen LogP contribution in [0.2, 0.25) is 0 Å². The first-order valence-electron chi connectivity index (χ1n) is 7.68. The third-order valence-electron chi connectivity index (χ3n) is 4.69. The average molecular weight is 299 g/mol. The molecular formula is C16H17N3O3. The van der Waals surface area contributed by atoms with E-state index in [9.17, 15) is 14.4 Å². The topological polar surface area (TPSA) is 78.5 Å². The van der Waals surface area contributed by atoms with Crippen molar-refractivity contribution in [2.24, 2.45) is 0 Å². The molecule has 0 saturated carbocycles. The molecule has 1 fully saturated rings. The minimum Gasteiger partial charge on any atom is -0.385 e. The van der Waals surface area contributed by atoms with E-state index in [1.807, 2.05) is 12.1 Å². The second-order valence-electron chi connectivity index (χ2n) is 6.10. The van der Waals surface area contributed by atoms with Crippen molar-refractivity contribution in [2.45, 2.75) is 38.3 Å². The summed E-state index contributed by atoms with van der Waals surface area (Å²) in [7, 11) is 0. The summed E-state index contributed by atoms with van der Waals surface area (Å²) in [5, 5.41) is 5.69. The molecule has 6 nitrogen and oxygen atoms in total. The Labute approximate surface area is 127 Å². The molecule has 1 aromatic carbocycles. The fourth-order valence-corrected chi connectivity index (χ4v) is 3.53. The van der Waals surface area contributed by atoms with Gasteiger partial charge in [0.25, 0.3) is 5.91 Å². The quantitative estimate of drug-likeness (QED) is 0.752. The van der Waals surface area contributed by atoms with Crippen molar-refractivity contribution in [2.75, 3.05) is 11.9 Å². The standard InChI is InChI=1S/C16H17N3O3/c20-14-4-3-13(15(21)18-14)19-8-10-7-12-9(2-1-5-17-12)6-11(10)16(19)22/h6-7,13,17H,1-5,8H2,(H,18,20,21). The Bertz CT molecular complexity index is 698. The number of anilines is 1. The van der Waals surface area contributed by atoms with Crippen LogP contribution in [0.15, 0.2) is 12.1 Å². The largest absolute Gasteiger partial charge is 0.385 e. The van der Waals surface area contributed by atoms with E-state index in [1.165, 1.54) is 5.56 Å². The molecule has 0 aromatic heterocycles. The molecule has 1 unspecified atom stereocenters. The first kappa shape index (κ1) is 13.3. The maximum atomic E-state index is 12.6. The summed E-state index contributed by atoms with van der Waals surface area (Å²) in [5.41, 5.74) is 3.93. The lowest BCUT2D eigenvalue weighted by Crippen LogP contribution is -2.52. The van der Waals surface area contributed by atoms with Crippen molar-refractivity contribution < 1.29 is 14.4 Å². The van der Waals surface area contributed by atoms with Crippen molar-refractivity contribution in [1.29, 1.82) is 0 Å². The first-order valence-corrected chi connectivity index (χ1v) is 7.68. The van der Waals surface area contributed by atoms with E-state index < -0.39 is 6.04 Å². The molecule has 0 bridgehead atoms. The molecule has 3 heterocycles. The Hall–Kier alpha value is -2.37. The zero-order valence-corrected chi connectivity index (χ0v) is 12.1. The van der Waals surface area contributed by atoms with Gasteiger partial charge >= 0.3 is 0 Å². The van der Waals surface area contributed by atoms with E-state index in [-0.39, 0.29) is 24.1 Å². The molecule has 2 N–H and O–H groups in total. The second-order valence-corrected chi connectivity index (χ2v) is 6.10. The molecule has 0 radical (unpaired) electrons. The van der Waals surface area contributed by atoms with E-state index in [0.717, 1.165) is 30.6 Å². The second kappa shape index (κ2) is 4.83. The van der Waals surface area contributed by atoms with Crippen molar-refractivity contribution in [1.82, 2.24) is 10.2 Å². The minimum absolute atomic E-state index is 0.0992. The van der Waals surface area contributed by atoms with Crippen LogP contribution in [0.5, 0.6) is 0 Å². The van der Waals surface area contributed by atoms with Gasteiger partial charge in [0.05, 0.1) is 0 Å². The van der Waals surface area contributed by atoms with Crippen LogP contribution in [-0.4, -0.2) is 35.2 Å². The highest BCUT2D eigenvalue weighted by molar-refractivity contribution is 6.05. The van der Waals surface area contributed by atoms with Crippen LogP contribution in [0.1, 0.15) is 40.7 Å². The third kappa shape index (κ3) is 1.98. The van der Waals surface area contributed by atoms with Crippen LogP contribution in [0.25, 0.3) is 0 Å². The summed E-state index contributed by atoms with van der Waals surface area (Å²) < 4.78 is 0. The molecule has 0 aliphatic carbocycles. The number of benzene rings is 1. The number of nitrogens with one attached hydrogen (secondary N) is 2. The van der Waals surface area contributed by atoms with Crippen LogP contribution >= 0.6 is 0 Å². The van der Waals surface area contributed by atoms with Crippen molar-refractivity contribution >= 4 is 23.4 Å². The molecule has 1 aromatic rings. The van der Waals surface area contributed by atoms with Crippen molar-refractivity contribution in [3.63, 3.8) is 0 Å². The molecular weight excluding hydrogens is 282 g/mol. The number of fused-ring (bicyclic) bond motifs is 2. The van der Waals surface area contributed by atoms with E-state index in [4.69, 9.17) is 0 Å². The predicted octanol–water partition coefficient (Wildman–Crippen LogP) is 0.806. The smallest absolute Gasteiger partial charge is 0.255 e. The Balaban J connectivity index is 1.64. The number of carbonyl (C=O) groups excluding carboxylic acids is 3. The Morgan fingerprint density at radius 1 is 1.09 bits per heavy atom. The average Bonchev–Trinajstić information content (AvgIpc) is 2.82. The summed E-state index contributed by atoms with van der Waals surface area (Å²) in [6.07, 6.45) is 2.73. The van der Waals surface area contributed by atoms with Gasteiger partial charge in [-0.25, -0.2) is 0 Å². The molecule has 114 valence electrons. The van der Waals surface area contributed by atoms with Gasteiger partial charge < -0.3 is 10.2 Å². The number of rotatable bonds is 1. The minimum atomic E-state index is -0.539. The molecule has 1 saturated heterocycles. The van der Waals surface area contributed by atoms with E-state index in [0.29, 0.717) is 18.5 Å². The number of hydrogen-bond donors (Lipinski definition) is 2. The maximum absolute atomic E-state index is 12.6. The fourth-order valence-electron chi connectivity index (χ4n) is 3.53. The monoisotopic (exact) mass is 299 g/mol. The maximum Gasteiger partial charge on any atom is 0.255 e. The molecule has 3 amide bonds. The molecule has 3 aliphatic heterocycles. The molecule has 1 atom stereocenters. The lowest BCUT2D eigenvalue weighted by atomic mass is 9.98. The van der Waals surface area contributed by atoms with Crippen LogP contribution < -0.4 is 10.6 Å². The Morgan fingerprint density at radius 3 is 2.77 bits per heavy atom. The van der Waals surface area contributed by atoms with Crippen molar-refractivity contribution in [3.05, 3.63) is 28.8 Å². The number of piperidine rings is 1. The highest BCUT2D eigenvalue weighted by atomic mass is 16.2. The number of hydrogen-bond acceptors (Lipinski definition) is 4. The lowest BCUT2D eigenvalue weighted by Gasteiger charge is -2.29. The number of nitrogens with zero attached hydrogens (tertiary/aromatic N) is 1. The Morgan fingerprint density at radius 2 is 1.95 bits per heavy atom. The van der Waals surface area contributed by atoms with Gasteiger partial charge in [0, 0.05) is 30.8 Å². The van der Waals surface area contributed by atoms with Gasteiger partial charge in [-0.15, -0.1) is 0 Å². The molecule has 3 aliphatic rings. The van der Waals surface area contributed by atoms with Gasteiger partial charge in [-0.1, -0.05) is 0 Å². The summed E-state index contributed by atoms with van der Waals surface area (Å²) in [6.45, 7) is 1.39. The number of amides is 3. The molecule has 6 heteroatoms. The zero-order chi connectivity index (χ0) is 15.3. The normalized spacial score (nSPS) is 23.7. The Kier molecular flexibility index (Phi) is 2.92. The number of aryl methyl sites for hydroxylation is 1. The van der Waals surface area contributed by atoms with E-state index in [2.05, 4.69) is 10.6 Å². The summed E-state index contributed by atoms with van der Waals surface area (Å²) in [6, 6.07) is 3.46. The van der Waals surface area contributed by atoms with Crippen LogP contribution in [0.3, 0.4) is 0 Å². The SMILES string of the molecule is O=C1CCC(N2Cc3cc4c(cc3C2=O)CCCN4)C(=O)N1. The van der Waals surface area contributed by atoms with Crippen LogP contribution in [0, 0.1) is 0 Å². The van der Waals surface area contributed by atoms with E-state index >= 15 is 0 Å². The van der Waals surface area contributed by atoms with Crippen LogP contribution in [0.4, 0.5) is 5.69 Å².